The predicted molar refractivity (Wildman–Crippen MR) is 74.4 cm³/mol. The normalized spacial score (nSPS) is 11.7. The summed E-state index contributed by atoms with van der Waals surface area (Å²) in [5.41, 5.74) is 2.05. The largest absolute Gasteiger partial charge is 0.392 e. The number of benzene rings is 1. The van der Waals surface area contributed by atoms with Crippen LogP contribution >= 0.6 is 0 Å². The number of rotatable bonds is 6. The molecule has 108 valence electrons. The van der Waals surface area contributed by atoms with E-state index in [4.69, 9.17) is 5.11 Å². The van der Waals surface area contributed by atoms with Crippen LogP contribution in [0.5, 0.6) is 0 Å². The van der Waals surface area contributed by atoms with Gasteiger partial charge in [-0.15, -0.1) is 0 Å². The van der Waals surface area contributed by atoms with E-state index >= 15 is 0 Å². The van der Waals surface area contributed by atoms with Gasteiger partial charge >= 0.3 is 0 Å². The van der Waals surface area contributed by atoms with Gasteiger partial charge in [0.15, 0.2) is 0 Å². The zero-order valence-corrected chi connectivity index (χ0v) is 11.9. The Bertz CT molecular complexity index is 666. The molecular weight excluding hydrogens is 278 g/mol. The summed E-state index contributed by atoms with van der Waals surface area (Å²) in [6.45, 7) is 1.88. The highest BCUT2D eigenvalue weighted by Gasteiger charge is 2.18. The molecule has 0 atom stereocenters. The molecular formula is C13H17N3O3S. The number of aromatic amines is 1. The van der Waals surface area contributed by atoms with Gasteiger partial charge in [0.2, 0.25) is 10.0 Å². The summed E-state index contributed by atoms with van der Waals surface area (Å²) in [6.07, 6.45) is 3.80. The first-order chi connectivity index (χ1) is 9.56. The fourth-order valence-electron chi connectivity index (χ4n) is 1.87. The minimum absolute atomic E-state index is 0.172. The highest BCUT2D eigenvalue weighted by atomic mass is 32.2. The third-order valence-electron chi connectivity index (χ3n) is 3.01. The lowest BCUT2D eigenvalue weighted by Gasteiger charge is -2.11. The minimum atomic E-state index is -3.61. The Morgan fingerprint density at radius 1 is 1.35 bits per heavy atom. The number of aliphatic hydroxyl groups excluding tert-OH is 1. The molecule has 0 bridgehead atoms. The van der Waals surface area contributed by atoms with E-state index in [0.717, 1.165) is 11.1 Å². The van der Waals surface area contributed by atoms with Crippen molar-refractivity contribution in [3.63, 3.8) is 0 Å². The molecule has 6 nitrogen and oxygen atoms in total. The van der Waals surface area contributed by atoms with Gasteiger partial charge in [0.25, 0.3) is 0 Å². The van der Waals surface area contributed by atoms with Gasteiger partial charge < -0.3 is 5.11 Å². The van der Waals surface area contributed by atoms with Gasteiger partial charge in [-0.1, -0.05) is 19.1 Å². The Kier molecular flexibility index (Phi) is 4.53. The van der Waals surface area contributed by atoms with Gasteiger partial charge in [0.05, 0.1) is 17.7 Å². The van der Waals surface area contributed by atoms with Crippen LogP contribution in [0.4, 0.5) is 0 Å². The van der Waals surface area contributed by atoms with E-state index in [9.17, 15) is 8.42 Å². The third kappa shape index (κ3) is 3.24. The van der Waals surface area contributed by atoms with Crippen LogP contribution in [0.3, 0.4) is 0 Å². The summed E-state index contributed by atoms with van der Waals surface area (Å²) < 4.78 is 27.2. The van der Waals surface area contributed by atoms with E-state index in [2.05, 4.69) is 14.9 Å². The topological polar surface area (TPSA) is 95.1 Å². The summed E-state index contributed by atoms with van der Waals surface area (Å²) in [6, 6.07) is 4.97. The molecule has 0 fully saturated rings. The number of nitrogens with zero attached hydrogens (tertiary/aromatic N) is 1. The quantitative estimate of drug-likeness (QED) is 0.739. The number of aliphatic hydroxyl groups is 1. The SMILES string of the molecule is CCc1ccc(CO)cc1S(=O)(=O)NCc1cn[nH]c1. The second-order valence-corrected chi connectivity index (χ2v) is 6.12. The van der Waals surface area contributed by atoms with Gasteiger partial charge in [0.1, 0.15) is 0 Å². The molecule has 1 aromatic carbocycles. The number of aryl methyl sites for hydroxylation is 1. The zero-order valence-electron chi connectivity index (χ0n) is 11.1. The van der Waals surface area contributed by atoms with Crippen molar-refractivity contribution >= 4 is 10.0 Å². The molecule has 0 saturated heterocycles. The molecule has 3 N–H and O–H groups in total. The Morgan fingerprint density at radius 3 is 2.75 bits per heavy atom. The summed E-state index contributed by atoms with van der Waals surface area (Å²) in [5, 5.41) is 15.5. The molecule has 7 heteroatoms. The van der Waals surface area contributed by atoms with Gasteiger partial charge in [-0.2, -0.15) is 5.10 Å². The van der Waals surface area contributed by atoms with Crippen molar-refractivity contribution in [2.24, 2.45) is 0 Å². The van der Waals surface area contributed by atoms with E-state index in [1.807, 2.05) is 6.92 Å². The Morgan fingerprint density at radius 2 is 2.15 bits per heavy atom. The molecule has 0 saturated carbocycles. The smallest absolute Gasteiger partial charge is 0.241 e. The monoisotopic (exact) mass is 295 g/mol. The third-order valence-corrected chi connectivity index (χ3v) is 4.49. The van der Waals surface area contributed by atoms with Gasteiger partial charge in [-0.05, 0) is 23.6 Å². The second kappa shape index (κ2) is 6.17. The Balaban J connectivity index is 2.28. The maximum absolute atomic E-state index is 12.4. The molecule has 0 radical (unpaired) electrons. The van der Waals surface area contributed by atoms with Crippen LogP contribution in [-0.2, 0) is 29.6 Å². The highest BCUT2D eigenvalue weighted by molar-refractivity contribution is 7.89. The van der Waals surface area contributed by atoms with Gasteiger partial charge in [-0.3, -0.25) is 5.10 Å². The Hall–Kier alpha value is -1.70. The van der Waals surface area contributed by atoms with E-state index < -0.39 is 10.0 Å². The van der Waals surface area contributed by atoms with E-state index in [-0.39, 0.29) is 18.0 Å². The van der Waals surface area contributed by atoms with E-state index in [0.29, 0.717) is 12.0 Å². The Labute approximate surface area is 117 Å². The number of aromatic nitrogens is 2. The number of H-pyrrole nitrogens is 1. The van der Waals surface area contributed by atoms with Crippen molar-refractivity contribution < 1.29 is 13.5 Å². The van der Waals surface area contributed by atoms with Crippen LogP contribution < -0.4 is 4.72 Å². The van der Waals surface area contributed by atoms with Crippen LogP contribution in [0.25, 0.3) is 0 Å². The number of sulfonamides is 1. The van der Waals surface area contributed by atoms with Crippen molar-refractivity contribution in [3.05, 3.63) is 47.3 Å². The summed E-state index contributed by atoms with van der Waals surface area (Å²) in [5.74, 6) is 0. The van der Waals surface area contributed by atoms with Gasteiger partial charge in [-0.25, -0.2) is 13.1 Å². The lowest BCUT2D eigenvalue weighted by molar-refractivity contribution is 0.281. The molecule has 0 spiro atoms. The fourth-order valence-corrected chi connectivity index (χ4v) is 3.25. The first-order valence-corrected chi connectivity index (χ1v) is 7.75. The summed E-state index contributed by atoms with van der Waals surface area (Å²) in [4.78, 5) is 0.218. The van der Waals surface area contributed by atoms with Crippen molar-refractivity contribution in [3.8, 4) is 0 Å². The first-order valence-electron chi connectivity index (χ1n) is 6.26. The van der Waals surface area contributed by atoms with E-state index in [1.54, 1.807) is 24.5 Å². The molecule has 0 aliphatic rings. The summed E-state index contributed by atoms with van der Waals surface area (Å²) >= 11 is 0. The van der Waals surface area contributed by atoms with Crippen molar-refractivity contribution in [1.29, 1.82) is 0 Å². The molecule has 0 amide bonds. The average molecular weight is 295 g/mol. The van der Waals surface area contributed by atoms with Crippen LogP contribution in [-0.4, -0.2) is 23.7 Å². The second-order valence-electron chi connectivity index (χ2n) is 4.38. The van der Waals surface area contributed by atoms with Crippen molar-refractivity contribution in [2.75, 3.05) is 0 Å². The summed E-state index contributed by atoms with van der Waals surface area (Å²) in [7, 11) is -3.61. The van der Waals surface area contributed by atoms with Crippen LogP contribution in [0.1, 0.15) is 23.6 Å². The zero-order chi connectivity index (χ0) is 14.6. The fraction of sp³-hybridized carbons (Fsp3) is 0.308. The molecule has 0 unspecified atom stereocenters. The molecule has 0 aliphatic heterocycles. The molecule has 20 heavy (non-hydrogen) atoms. The van der Waals surface area contributed by atoms with Crippen LogP contribution in [0, 0.1) is 0 Å². The molecule has 1 heterocycles. The van der Waals surface area contributed by atoms with Crippen LogP contribution in [0.2, 0.25) is 0 Å². The predicted octanol–water partition coefficient (Wildman–Crippen LogP) is 0.943. The van der Waals surface area contributed by atoms with Gasteiger partial charge in [0, 0.05) is 18.3 Å². The minimum Gasteiger partial charge on any atom is -0.392 e. The molecule has 2 rings (SSSR count). The maximum Gasteiger partial charge on any atom is 0.241 e. The standard InChI is InChI=1S/C13H17N3O3S/c1-2-12-4-3-10(9-17)5-13(12)20(18,19)16-8-11-6-14-15-7-11/h3-7,16-17H,2,8-9H2,1H3,(H,14,15). The highest BCUT2D eigenvalue weighted by Crippen LogP contribution is 2.19. The van der Waals surface area contributed by atoms with E-state index in [1.165, 1.54) is 6.07 Å². The van der Waals surface area contributed by atoms with Crippen molar-refractivity contribution in [2.45, 2.75) is 31.4 Å². The maximum atomic E-state index is 12.4. The number of nitrogens with one attached hydrogen (secondary N) is 2. The van der Waals surface area contributed by atoms with Crippen LogP contribution in [0.15, 0.2) is 35.5 Å². The lowest BCUT2D eigenvalue weighted by Crippen LogP contribution is -2.24. The molecule has 0 aliphatic carbocycles. The lowest BCUT2D eigenvalue weighted by atomic mass is 10.1. The number of hydrogen-bond donors (Lipinski definition) is 3. The average Bonchev–Trinajstić information content (AvgIpc) is 2.98. The molecule has 2 aromatic rings. The first kappa shape index (κ1) is 14.7. The van der Waals surface area contributed by atoms with Crippen molar-refractivity contribution in [1.82, 2.24) is 14.9 Å². The molecule has 1 aromatic heterocycles. The number of hydrogen-bond acceptors (Lipinski definition) is 4.